The number of aromatic nitrogens is 2. The second-order valence-corrected chi connectivity index (χ2v) is 7.43. The Morgan fingerprint density at radius 1 is 1.00 bits per heavy atom. The number of carbonyl (C=O) groups excluding carboxylic acids is 1. The number of carbonyl (C=O) groups is 1. The molecule has 0 aliphatic heterocycles. The van der Waals surface area contributed by atoms with Crippen LogP contribution >= 0.6 is 0 Å². The van der Waals surface area contributed by atoms with E-state index in [1.807, 2.05) is 59.0 Å². The van der Waals surface area contributed by atoms with E-state index in [0.717, 1.165) is 23.0 Å². The molecule has 2 heterocycles. The summed E-state index contributed by atoms with van der Waals surface area (Å²) in [6.07, 6.45) is 2.58. The van der Waals surface area contributed by atoms with Crippen molar-refractivity contribution in [2.24, 2.45) is 7.05 Å². The summed E-state index contributed by atoms with van der Waals surface area (Å²) in [6, 6.07) is 24.4. The molecule has 146 valence electrons. The molecular formula is C25H25N3O. The molecule has 4 aromatic rings. The lowest BCUT2D eigenvalue weighted by Crippen LogP contribution is -2.34. The third kappa shape index (κ3) is 4.21. The average Bonchev–Trinajstić information content (AvgIpc) is 3.08. The number of hydrogen-bond donors (Lipinski definition) is 0. The van der Waals surface area contributed by atoms with Crippen LogP contribution in [0.15, 0.2) is 79.0 Å². The molecule has 0 spiro atoms. The zero-order chi connectivity index (χ0) is 20.2. The Balaban J connectivity index is 1.64. The van der Waals surface area contributed by atoms with Crippen LogP contribution in [0.4, 0.5) is 0 Å². The van der Waals surface area contributed by atoms with E-state index >= 15 is 0 Å². The van der Waals surface area contributed by atoms with Gasteiger partial charge in [-0.15, -0.1) is 0 Å². The number of benzene rings is 2. The van der Waals surface area contributed by atoms with Crippen molar-refractivity contribution in [3.05, 3.63) is 102 Å². The molecule has 4 heteroatoms. The third-order valence-electron chi connectivity index (χ3n) is 5.30. The lowest BCUT2D eigenvalue weighted by Gasteiger charge is -2.23. The number of rotatable bonds is 6. The van der Waals surface area contributed by atoms with Gasteiger partial charge in [-0.3, -0.25) is 9.78 Å². The molecule has 0 N–H and O–H groups in total. The van der Waals surface area contributed by atoms with Gasteiger partial charge < -0.3 is 9.47 Å². The van der Waals surface area contributed by atoms with Gasteiger partial charge in [0.1, 0.15) is 5.69 Å². The summed E-state index contributed by atoms with van der Waals surface area (Å²) in [7, 11) is 1.96. The molecule has 4 nitrogen and oxygen atoms in total. The summed E-state index contributed by atoms with van der Waals surface area (Å²) in [4.78, 5) is 19.8. The first-order valence-corrected chi connectivity index (χ1v) is 9.91. The van der Waals surface area contributed by atoms with Crippen molar-refractivity contribution in [1.82, 2.24) is 14.5 Å². The van der Waals surface area contributed by atoms with Gasteiger partial charge in [-0.25, -0.2) is 0 Å². The highest BCUT2D eigenvalue weighted by Gasteiger charge is 2.21. The number of amides is 1. The van der Waals surface area contributed by atoms with Crippen LogP contribution in [0, 0.1) is 6.92 Å². The van der Waals surface area contributed by atoms with Gasteiger partial charge in [0.25, 0.3) is 5.91 Å². The largest absolute Gasteiger partial charge is 0.340 e. The Kier molecular flexibility index (Phi) is 5.43. The van der Waals surface area contributed by atoms with Crippen LogP contribution in [0.3, 0.4) is 0 Å². The van der Waals surface area contributed by atoms with Crippen molar-refractivity contribution in [2.45, 2.75) is 19.9 Å². The van der Waals surface area contributed by atoms with Crippen molar-refractivity contribution >= 4 is 16.8 Å². The maximum Gasteiger partial charge on any atom is 0.270 e. The van der Waals surface area contributed by atoms with Crippen LogP contribution < -0.4 is 0 Å². The summed E-state index contributed by atoms with van der Waals surface area (Å²) < 4.78 is 2.00. The average molecular weight is 383 g/mol. The molecule has 0 radical (unpaired) electrons. The van der Waals surface area contributed by atoms with E-state index in [-0.39, 0.29) is 5.91 Å². The molecule has 0 atom stereocenters. The molecule has 2 aromatic heterocycles. The second-order valence-electron chi connectivity index (χ2n) is 7.43. The summed E-state index contributed by atoms with van der Waals surface area (Å²) in [5.74, 6) is 0.0305. The molecule has 0 saturated heterocycles. The molecule has 0 bridgehead atoms. The highest BCUT2D eigenvalue weighted by atomic mass is 16.2. The normalized spacial score (nSPS) is 11.0. The monoisotopic (exact) mass is 383 g/mol. The van der Waals surface area contributed by atoms with E-state index in [0.29, 0.717) is 18.8 Å². The standard InChI is InChI=1S/C25H25N3O/c1-19-11-12-21-17-24(27(2)23(21)16-19)25(29)28(18-22-10-6-7-14-26-22)15-13-20-8-4-3-5-9-20/h3-12,14,16-17H,13,15,18H2,1-2H3. The number of hydrogen-bond acceptors (Lipinski definition) is 2. The third-order valence-corrected chi connectivity index (χ3v) is 5.30. The molecule has 0 aliphatic rings. The number of aryl methyl sites for hydroxylation is 2. The van der Waals surface area contributed by atoms with E-state index in [1.54, 1.807) is 6.20 Å². The van der Waals surface area contributed by atoms with Gasteiger partial charge >= 0.3 is 0 Å². The quantitative estimate of drug-likeness (QED) is 0.481. The maximum absolute atomic E-state index is 13.5. The van der Waals surface area contributed by atoms with E-state index < -0.39 is 0 Å². The highest BCUT2D eigenvalue weighted by molar-refractivity contribution is 5.98. The number of fused-ring (bicyclic) bond motifs is 1. The van der Waals surface area contributed by atoms with E-state index in [9.17, 15) is 4.79 Å². The van der Waals surface area contributed by atoms with Crippen LogP contribution in [0.5, 0.6) is 0 Å². The van der Waals surface area contributed by atoms with E-state index in [4.69, 9.17) is 0 Å². The van der Waals surface area contributed by atoms with Crippen molar-refractivity contribution < 1.29 is 4.79 Å². The van der Waals surface area contributed by atoms with Crippen molar-refractivity contribution in [2.75, 3.05) is 6.54 Å². The summed E-state index contributed by atoms with van der Waals surface area (Å²) in [5.41, 5.74) is 5.08. The van der Waals surface area contributed by atoms with Gasteiger partial charge in [0.2, 0.25) is 0 Å². The Bertz CT molecular complexity index is 1120. The predicted molar refractivity (Wildman–Crippen MR) is 117 cm³/mol. The zero-order valence-electron chi connectivity index (χ0n) is 16.9. The van der Waals surface area contributed by atoms with E-state index in [2.05, 4.69) is 42.2 Å². The van der Waals surface area contributed by atoms with Gasteiger partial charge in [-0.2, -0.15) is 0 Å². The molecule has 0 unspecified atom stereocenters. The highest BCUT2D eigenvalue weighted by Crippen LogP contribution is 2.22. The van der Waals surface area contributed by atoms with Gasteiger partial charge in [0, 0.05) is 30.7 Å². The topological polar surface area (TPSA) is 38.1 Å². The Labute approximate surface area is 171 Å². The Morgan fingerprint density at radius 2 is 1.79 bits per heavy atom. The smallest absolute Gasteiger partial charge is 0.270 e. The minimum atomic E-state index is 0.0305. The first-order valence-electron chi connectivity index (χ1n) is 9.91. The minimum absolute atomic E-state index is 0.0305. The molecule has 4 rings (SSSR count). The van der Waals surface area contributed by atoms with Crippen LogP contribution in [-0.4, -0.2) is 26.9 Å². The van der Waals surface area contributed by atoms with Crippen molar-refractivity contribution in [1.29, 1.82) is 0 Å². The summed E-state index contributed by atoms with van der Waals surface area (Å²) in [5, 5.41) is 1.09. The Hall–Kier alpha value is -3.40. The molecule has 0 saturated carbocycles. The van der Waals surface area contributed by atoms with Crippen molar-refractivity contribution in [3.8, 4) is 0 Å². The fourth-order valence-corrected chi connectivity index (χ4v) is 3.66. The Morgan fingerprint density at radius 3 is 2.55 bits per heavy atom. The summed E-state index contributed by atoms with van der Waals surface area (Å²) >= 11 is 0. The maximum atomic E-state index is 13.5. The fourth-order valence-electron chi connectivity index (χ4n) is 3.66. The zero-order valence-corrected chi connectivity index (χ0v) is 16.9. The first-order chi connectivity index (χ1) is 14.1. The molecular weight excluding hydrogens is 358 g/mol. The molecule has 1 amide bonds. The predicted octanol–water partition coefficient (Wildman–Crippen LogP) is 4.77. The minimum Gasteiger partial charge on any atom is -0.340 e. The van der Waals surface area contributed by atoms with E-state index in [1.165, 1.54) is 11.1 Å². The number of pyridine rings is 1. The van der Waals surface area contributed by atoms with Crippen LogP contribution in [0.25, 0.3) is 10.9 Å². The fraction of sp³-hybridized carbons (Fsp3) is 0.200. The number of nitrogens with zero attached hydrogens (tertiary/aromatic N) is 3. The lowest BCUT2D eigenvalue weighted by atomic mass is 10.1. The van der Waals surface area contributed by atoms with Gasteiger partial charge in [-0.1, -0.05) is 48.5 Å². The SMILES string of the molecule is Cc1ccc2cc(C(=O)N(CCc3ccccc3)Cc3ccccn3)n(C)c2c1. The second kappa shape index (κ2) is 8.31. The van der Waals surface area contributed by atoms with Crippen LogP contribution in [-0.2, 0) is 20.0 Å². The first kappa shape index (κ1) is 18.9. The van der Waals surface area contributed by atoms with Gasteiger partial charge in [0.15, 0.2) is 0 Å². The van der Waals surface area contributed by atoms with Crippen LogP contribution in [0.1, 0.15) is 27.3 Å². The van der Waals surface area contributed by atoms with Crippen LogP contribution in [0.2, 0.25) is 0 Å². The molecule has 0 fully saturated rings. The van der Waals surface area contributed by atoms with Crippen molar-refractivity contribution in [3.63, 3.8) is 0 Å². The lowest BCUT2D eigenvalue weighted by molar-refractivity contribution is 0.0734. The molecule has 0 aliphatic carbocycles. The van der Waals surface area contributed by atoms with Gasteiger partial charge in [-0.05, 0) is 48.7 Å². The molecule has 29 heavy (non-hydrogen) atoms. The molecule has 2 aromatic carbocycles. The van der Waals surface area contributed by atoms with Gasteiger partial charge in [0.05, 0.1) is 12.2 Å². The summed E-state index contributed by atoms with van der Waals surface area (Å²) in [6.45, 7) is 3.20.